The number of hydrogen-bond acceptors (Lipinski definition) is 4. The van der Waals surface area contributed by atoms with Crippen molar-refractivity contribution in [3.63, 3.8) is 0 Å². The van der Waals surface area contributed by atoms with Crippen molar-refractivity contribution in [2.75, 3.05) is 0 Å². The number of rotatable bonds is 6. The summed E-state index contributed by atoms with van der Waals surface area (Å²) in [6, 6.07) is 6.25. The second-order valence-corrected chi connectivity index (χ2v) is 7.89. The average Bonchev–Trinajstić information content (AvgIpc) is 2.41. The lowest BCUT2D eigenvalue weighted by atomic mass is 10.1. The fourth-order valence-corrected chi connectivity index (χ4v) is 3.48. The van der Waals surface area contributed by atoms with Gasteiger partial charge in [-0.05, 0) is 39.3 Å². The van der Waals surface area contributed by atoms with Gasteiger partial charge in [0.2, 0.25) is 15.9 Å². The van der Waals surface area contributed by atoms with Crippen LogP contribution in [0.5, 0.6) is 0 Å². The van der Waals surface area contributed by atoms with E-state index >= 15 is 0 Å². The van der Waals surface area contributed by atoms with Crippen LogP contribution in [-0.2, 0) is 26.2 Å². The molecule has 128 valence electrons. The van der Waals surface area contributed by atoms with Crippen molar-refractivity contribution >= 4 is 21.9 Å². The van der Waals surface area contributed by atoms with Crippen molar-refractivity contribution in [1.29, 1.82) is 0 Å². The Morgan fingerprint density at radius 1 is 1.22 bits per heavy atom. The standard InChI is InChI=1S/C15H22N2O5S/c1-10(14(19)20)13(18)16-9-11-7-5-6-8-12(11)23(21,22)17-15(2,3)4/h5-8,10,17H,9H2,1-4H3,(H,16,18)(H,19,20). The molecular weight excluding hydrogens is 320 g/mol. The van der Waals surface area contributed by atoms with Crippen LogP contribution in [0.3, 0.4) is 0 Å². The van der Waals surface area contributed by atoms with Gasteiger partial charge in [0.25, 0.3) is 0 Å². The summed E-state index contributed by atoms with van der Waals surface area (Å²) in [5, 5.41) is 11.2. The molecule has 0 saturated heterocycles. The van der Waals surface area contributed by atoms with Crippen LogP contribution in [-0.4, -0.2) is 30.9 Å². The van der Waals surface area contributed by atoms with Crippen LogP contribution in [0.4, 0.5) is 0 Å². The maximum atomic E-state index is 12.4. The minimum atomic E-state index is -3.75. The van der Waals surface area contributed by atoms with Gasteiger partial charge in [-0.1, -0.05) is 18.2 Å². The molecule has 1 amide bonds. The van der Waals surface area contributed by atoms with Gasteiger partial charge in [0.15, 0.2) is 0 Å². The molecule has 0 aliphatic carbocycles. The third kappa shape index (κ3) is 5.65. The number of carbonyl (C=O) groups is 2. The SMILES string of the molecule is CC(C(=O)O)C(=O)NCc1ccccc1S(=O)(=O)NC(C)(C)C. The third-order valence-electron chi connectivity index (χ3n) is 2.92. The average molecular weight is 342 g/mol. The second kappa shape index (κ2) is 7.10. The summed E-state index contributed by atoms with van der Waals surface area (Å²) < 4.78 is 27.4. The Labute approximate surface area is 136 Å². The van der Waals surface area contributed by atoms with Crippen molar-refractivity contribution in [2.24, 2.45) is 5.92 Å². The van der Waals surface area contributed by atoms with Crippen LogP contribution < -0.4 is 10.0 Å². The Morgan fingerprint density at radius 3 is 2.30 bits per heavy atom. The van der Waals surface area contributed by atoms with Crippen molar-refractivity contribution in [3.05, 3.63) is 29.8 Å². The van der Waals surface area contributed by atoms with Gasteiger partial charge in [-0.3, -0.25) is 9.59 Å². The van der Waals surface area contributed by atoms with E-state index in [0.29, 0.717) is 5.56 Å². The molecule has 3 N–H and O–H groups in total. The molecule has 8 heteroatoms. The molecule has 0 spiro atoms. The van der Waals surface area contributed by atoms with Gasteiger partial charge in [0, 0.05) is 12.1 Å². The molecule has 23 heavy (non-hydrogen) atoms. The summed E-state index contributed by atoms with van der Waals surface area (Å²) in [6.07, 6.45) is 0. The number of amides is 1. The molecule has 0 saturated carbocycles. The molecule has 0 fully saturated rings. The molecular formula is C15H22N2O5S. The van der Waals surface area contributed by atoms with E-state index in [4.69, 9.17) is 5.11 Å². The smallest absolute Gasteiger partial charge is 0.315 e. The van der Waals surface area contributed by atoms with E-state index in [9.17, 15) is 18.0 Å². The van der Waals surface area contributed by atoms with Gasteiger partial charge in [0.1, 0.15) is 5.92 Å². The van der Waals surface area contributed by atoms with E-state index in [0.717, 1.165) is 0 Å². The van der Waals surface area contributed by atoms with Gasteiger partial charge in [-0.25, -0.2) is 13.1 Å². The first-order valence-corrected chi connectivity index (χ1v) is 8.55. The Bertz CT molecular complexity index is 692. The zero-order chi connectivity index (χ0) is 17.8. The van der Waals surface area contributed by atoms with Crippen molar-refractivity contribution in [2.45, 2.75) is 44.7 Å². The van der Waals surface area contributed by atoms with Crippen LogP contribution >= 0.6 is 0 Å². The summed E-state index contributed by atoms with van der Waals surface area (Å²) in [5.41, 5.74) is -0.261. The van der Waals surface area contributed by atoms with E-state index in [1.54, 1.807) is 39.0 Å². The summed E-state index contributed by atoms with van der Waals surface area (Å²) in [7, 11) is -3.75. The van der Waals surface area contributed by atoms with Gasteiger partial charge >= 0.3 is 5.97 Å². The van der Waals surface area contributed by atoms with Gasteiger partial charge in [-0.2, -0.15) is 0 Å². The molecule has 1 unspecified atom stereocenters. The molecule has 0 bridgehead atoms. The predicted octanol–water partition coefficient (Wildman–Crippen LogP) is 1.10. The lowest BCUT2D eigenvalue weighted by Crippen LogP contribution is -2.41. The summed E-state index contributed by atoms with van der Waals surface area (Å²) in [4.78, 5) is 22.5. The minimum absolute atomic E-state index is 0.0539. The number of carboxylic acid groups (broad SMARTS) is 1. The fourth-order valence-electron chi connectivity index (χ4n) is 1.82. The van der Waals surface area contributed by atoms with E-state index in [2.05, 4.69) is 10.0 Å². The topological polar surface area (TPSA) is 113 Å². The largest absolute Gasteiger partial charge is 0.481 e. The molecule has 0 heterocycles. The van der Waals surface area contributed by atoms with Crippen LogP contribution in [0.25, 0.3) is 0 Å². The molecule has 0 aliphatic rings. The molecule has 0 aliphatic heterocycles. The van der Waals surface area contributed by atoms with Gasteiger partial charge in [-0.15, -0.1) is 0 Å². The number of carboxylic acids is 1. The van der Waals surface area contributed by atoms with E-state index in [1.165, 1.54) is 13.0 Å². The highest BCUT2D eigenvalue weighted by Gasteiger charge is 2.25. The molecule has 0 aromatic heterocycles. The molecule has 1 rings (SSSR count). The lowest BCUT2D eigenvalue weighted by molar-refractivity contribution is -0.146. The zero-order valence-electron chi connectivity index (χ0n) is 13.6. The fraction of sp³-hybridized carbons (Fsp3) is 0.467. The highest BCUT2D eigenvalue weighted by Crippen LogP contribution is 2.17. The number of hydrogen-bond donors (Lipinski definition) is 3. The summed E-state index contributed by atoms with van der Waals surface area (Å²) in [5.74, 6) is -3.11. The highest BCUT2D eigenvalue weighted by atomic mass is 32.2. The molecule has 7 nitrogen and oxygen atoms in total. The number of nitrogens with one attached hydrogen (secondary N) is 2. The lowest BCUT2D eigenvalue weighted by Gasteiger charge is -2.21. The summed E-state index contributed by atoms with van der Waals surface area (Å²) >= 11 is 0. The molecule has 1 aromatic rings. The maximum Gasteiger partial charge on any atom is 0.315 e. The normalized spacial score (nSPS) is 13.4. The predicted molar refractivity (Wildman–Crippen MR) is 85.2 cm³/mol. The van der Waals surface area contributed by atoms with Gasteiger partial charge in [0.05, 0.1) is 4.90 Å². The first kappa shape index (κ1) is 19.1. The Hall–Kier alpha value is -1.93. The quantitative estimate of drug-likeness (QED) is 0.670. The van der Waals surface area contributed by atoms with Crippen LogP contribution in [0.15, 0.2) is 29.2 Å². The number of carbonyl (C=O) groups excluding carboxylic acids is 1. The monoisotopic (exact) mass is 342 g/mol. The van der Waals surface area contributed by atoms with Crippen molar-refractivity contribution in [3.8, 4) is 0 Å². The van der Waals surface area contributed by atoms with E-state index in [-0.39, 0.29) is 11.4 Å². The maximum absolute atomic E-state index is 12.4. The summed E-state index contributed by atoms with van der Waals surface area (Å²) in [6.45, 7) is 6.37. The third-order valence-corrected chi connectivity index (χ3v) is 4.78. The van der Waals surface area contributed by atoms with Gasteiger partial charge < -0.3 is 10.4 Å². The Balaban J connectivity index is 2.99. The molecule has 1 atom stereocenters. The van der Waals surface area contributed by atoms with Crippen molar-refractivity contribution in [1.82, 2.24) is 10.0 Å². The molecule has 0 radical (unpaired) electrons. The van der Waals surface area contributed by atoms with Crippen LogP contribution in [0.1, 0.15) is 33.3 Å². The first-order valence-electron chi connectivity index (χ1n) is 7.06. The first-order chi connectivity index (χ1) is 10.4. The van der Waals surface area contributed by atoms with Crippen molar-refractivity contribution < 1.29 is 23.1 Å². The van der Waals surface area contributed by atoms with Crippen LogP contribution in [0, 0.1) is 5.92 Å². The number of aliphatic carboxylic acids is 1. The second-order valence-electron chi connectivity index (χ2n) is 6.24. The highest BCUT2D eigenvalue weighted by molar-refractivity contribution is 7.89. The number of sulfonamides is 1. The number of benzene rings is 1. The van der Waals surface area contributed by atoms with E-state index in [1.807, 2.05) is 0 Å². The minimum Gasteiger partial charge on any atom is -0.481 e. The Kier molecular flexibility index (Phi) is 5.90. The Morgan fingerprint density at radius 2 is 1.78 bits per heavy atom. The zero-order valence-corrected chi connectivity index (χ0v) is 14.4. The van der Waals surface area contributed by atoms with Crippen LogP contribution in [0.2, 0.25) is 0 Å². The van der Waals surface area contributed by atoms with E-state index < -0.39 is 33.4 Å². The molecule has 1 aromatic carbocycles.